The topological polar surface area (TPSA) is 43.4 Å². The summed E-state index contributed by atoms with van der Waals surface area (Å²) < 4.78 is 5.04. The van der Waals surface area contributed by atoms with Crippen molar-refractivity contribution in [3.63, 3.8) is 0 Å². The van der Waals surface area contributed by atoms with Gasteiger partial charge in [-0.3, -0.25) is 9.59 Å². The van der Waals surface area contributed by atoms with Crippen LogP contribution >= 0.6 is 0 Å². The number of ketones is 1. The molecular weight excluding hydrogens is 264 g/mol. The quantitative estimate of drug-likeness (QED) is 0.427. The van der Waals surface area contributed by atoms with Crippen LogP contribution in [0.15, 0.2) is 24.3 Å². The Morgan fingerprint density at radius 2 is 1.67 bits per heavy atom. The summed E-state index contributed by atoms with van der Waals surface area (Å²) in [7, 11) is 0. The minimum atomic E-state index is -0.289. The molecule has 0 heterocycles. The fraction of sp³-hybridized carbons (Fsp3) is 0.556. The van der Waals surface area contributed by atoms with Gasteiger partial charge in [0.2, 0.25) is 0 Å². The molecule has 0 saturated carbocycles. The summed E-state index contributed by atoms with van der Waals surface area (Å²) >= 11 is 0. The molecule has 3 heteroatoms. The van der Waals surface area contributed by atoms with Crippen LogP contribution in [0.3, 0.4) is 0 Å². The minimum absolute atomic E-state index is 0.0112. The maximum Gasteiger partial charge on any atom is 0.306 e. The van der Waals surface area contributed by atoms with E-state index < -0.39 is 0 Å². The van der Waals surface area contributed by atoms with E-state index in [0.29, 0.717) is 12.2 Å². The van der Waals surface area contributed by atoms with Crippen LogP contribution < -0.4 is 0 Å². The monoisotopic (exact) mass is 290 g/mol. The number of carbonyl (C=O) groups is 2. The average molecular weight is 290 g/mol. The summed E-state index contributed by atoms with van der Waals surface area (Å²) in [5.74, 6) is -0.300. The van der Waals surface area contributed by atoms with E-state index in [9.17, 15) is 9.59 Å². The van der Waals surface area contributed by atoms with Crippen LogP contribution in [0.25, 0.3) is 0 Å². The third kappa shape index (κ3) is 6.11. The van der Waals surface area contributed by atoms with Gasteiger partial charge in [-0.25, -0.2) is 0 Å². The summed E-state index contributed by atoms with van der Waals surface area (Å²) in [6.07, 6.45) is 2.23. The molecule has 0 radical (unpaired) electrons. The molecule has 0 aromatic heterocycles. The van der Waals surface area contributed by atoms with Crippen LogP contribution in [0.2, 0.25) is 0 Å². The maximum absolute atomic E-state index is 12.0. The molecule has 0 bridgehead atoms. The molecule has 0 atom stereocenters. The molecule has 0 spiro atoms. The largest absolute Gasteiger partial charge is 0.466 e. The molecule has 0 amide bonds. The average Bonchev–Trinajstić information content (AvgIpc) is 2.44. The van der Waals surface area contributed by atoms with Gasteiger partial charge in [-0.1, -0.05) is 58.4 Å². The lowest BCUT2D eigenvalue weighted by Crippen LogP contribution is -2.12. The van der Waals surface area contributed by atoms with Crippen molar-refractivity contribution < 1.29 is 14.3 Å². The van der Waals surface area contributed by atoms with Crippen molar-refractivity contribution in [3.05, 3.63) is 35.4 Å². The molecule has 0 aliphatic heterocycles. The first-order chi connectivity index (χ1) is 9.84. The Kier molecular flexibility index (Phi) is 6.60. The van der Waals surface area contributed by atoms with E-state index in [-0.39, 0.29) is 30.0 Å². The number of benzene rings is 1. The Hall–Kier alpha value is -1.64. The van der Waals surface area contributed by atoms with Crippen molar-refractivity contribution >= 4 is 11.8 Å². The van der Waals surface area contributed by atoms with E-state index in [0.717, 1.165) is 12.8 Å². The zero-order chi connectivity index (χ0) is 15.9. The number of carbonyl (C=O) groups excluding carboxylic acids is 2. The lowest BCUT2D eigenvalue weighted by atomic mass is 9.86. The molecule has 116 valence electrons. The number of ether oxygens (including phenoxy) is 1. The second-order valence-electron chi connectivity index (χ2n) is 6.32. The third-order valence-electron chi connectivity index (χ3n) is 3.39. The second-order valence-corrected chi connectivity index (χ2v) is 6.32. The standard InChI is InChI=1S/C18H26O3/c1-5-6-13-21-17(20)12-11-16(19)14-7-9-15(10-8-14)18(2,3)4/h7-10H,5-6,11-13H2,1-4H3. The van der Waals surface area contributed by atoms with E-state index in [4.69, 9.17) is 4.74 Å². The molecule has 0 aliphatic rings. The van der Waals surface area contributed by atoms with Crippen LogP contribution in [0.5, 0.6) is 0 Å². The van der Waals surface area contributed by atoms with E-state index in [1.54, 1.807) is 0 Å². The van der Waals surface area contributed by atoms with Gasteiger partial charge in [0, 0.05) is 12.0 Å². The molecule has 1 rings (SSSR count). The highest BCUT2D eigenvalue weighted by Gasteiger charge is 2.15. The van der Waals surface area contributed by atoms with Gasteiger partial charge in [-0.2, -0.15) is 0 Å². The van der Waals surface area contributed by atoms with Gasteiger partial charge >= 0.3 is 5.97 Å². The van der Waals surface area contributed by atoms with Crippen LogP contribution in [-0.2, 0) is 14.9 Å². The molecule has 0 saturated heterocycles. The summed E-state index contributed by atoms with van der Waals surface area (Å²) in [5.41, 5.74) is 1.92. The number of esters is 1. The fourth-order valence-electron chi connectivity index (χ4n) is 1.92. The summed E-state index contributed by atoms with van der Waals surface area (Å²) in [6.45, 7) is 8.89. The molecule has 0 N–H and O–H groups in total. The number of hydrogen-bond donors (Lipinski definition) is 0. The van der Waals surface area contributed by atoms with Crippen LogP contribution in [-0.4, -0.2) is 18.4 Å². The smallest absolute Gasteiger partial charge is 0.306 e. The van der Waals surface area contributed by atoms with E-state index >= 15 is 0 Å². The van der Waals surface area contributed by atoms with Gasteiger partial charge in [-0.05, 0) is 17.4 Å². The Bertz CT molecular complexity index is 466. The lowest BCUT2D eigenvalue weighted by molar-refractivity contribution is -0.143. The molecule has 0 aliphatic carbocycles. The second kappa shape index (κ2) is 7.96. The highest BCUT2D eigenvalue weighted by molar-refractivity contribution is 5.97. The number of Topliss-reactive ketones (excluding diaryl/α,β-unsaturated/α-hetero) is 1. The van der Waals surface area contributed by atoms with Gasteiger partial charge in [-0.15, -0.1) is 0 Å². The van der Waals surface area contributed by atoms with Crippen molar-refractivity contribution in [1.82, 2.24) is 0 Å². The molecule has 3 nitrogen and oxygen atoms in total. The van der Waals surface area contributed by atoms with Gasteiger partial charge in [0.15, 0.2) is 5.78 Å². The fourth-order valence-corrected chi connectivity index (χ4v) is 1.92. The summed E-state index contributed by atoms with van der Waals surface area (Å²) in [6, 6.07) is 7.64. The van der Waals surface area contributed by atoms with Crippen molar-refractivity contribution in [2.24, 2.45) is 0 Å². The normalized spacial score (nSPS) is 11.2. The number of unbranched alkanes of at least 4 members (excludes halogenated alkanes) is 1. The van der Waals surface area contributed by atoms with Crippen LogP contribution in [0.4, 0.5) is 0 Å². The van der Waals surface area contributed by atoms with Gasteiger partial charge in [0.05, 0.1) is 13.0 Å². The van der Waals surface area contributed by atoms with Crippen LogP contribution in [0.1, 0.15) is 69.3 Å². The van der Waals surface area contributed by atoms with E-state index in [1.165, 1.54) is 5.56 Å². The molecule has 0 fully saturated rings. The molecule has 1 aromatic rings. The zero-order valence-corrected chi connectivity index (χ0v) is 13.6. The van der Waals surface area contributed by atoms with E-state index in [1.807, 2.05) is 31.2 Å². The number of hydrogen-bond acceptors (Lipinski definition) is 3. The number of rotatable bonds is 7. The van der Waals surface area contributed by atoms with E-state index in [2.05, 4.69) is 20.8 Å². The zero-order valence-electron chi connectivity index (χ0n) is 13.6. The predicted octanol–water partition coefficient (Wildman–Crippen LogP) is 4.29. The minimum Gasteiger partial charge on any atom is -0.466 e. The first kappa shape index (κ1) is 17.4. The Balaban J connectivity index is 2.47. The Morgan fingerprint density at radius 3 is 2.19 bits per heavy atom. The summed E-state index contributed by atoms with van der Waals surface area (Å²) in [4.78, 5) is 23.5. The first-order valence-electron chi connectivity index (χ1n) is 7.64. The molecule has 0 unspecified atom stereocenters. The van der Waals surface area contributed by atoms with Crippen molar-refractivity contribution in [2.75, 3.05) is 6.61 Å². The molecular formula is C18H26O3. The SMILES string of the molecule is CCCCOC(=O)CCC(=O)c1ccc(C(C)(C)C)cc1. The first-order valence-corrected chi connectivity index (χ1v) is 7.64. The molecule has 1 aromatic carbocycles. The molecule has 21 heavy (non-hydrogen) atoms. The highest BCUT2D eigenvalue weighted by Crippen LogP contribution is 2.22. The van der Waals surface area contributed by atoms with Crippen molar-refractivity contribution in [1.29, 1.82) is 0 Å². The van der Waals surface area contributed by atoms with Gasteiger partial charge < -0.3 is 4.74 Å². The third-order valence-corrected chi connectivity index (χ3v) is 3.39. The summed E-state index contributed by atoms with van der Waals surface area (Å²) in [5, 5.41) is 0. The van der Waals surface area contributed by atoms with Crippen molar-refractivity contribution in [2.45, 2.75) is 58.8 Å². The Morgan fingerprint density at radius 1 is 1.05 bits per heavy atom. The van der Waals surface area contributed by atoms with Crippen LogP contribution in [0, 0.1) is 0 Å². The van der Waals surface area contributed by atoms with Gasteiger partial charge in [0.1, 0.15) is 0 Å². The Labute approximate surface area is 127 Å². The predicted molar refractivity (Wildman–Crippen MR) is 84.6 cm³/mol. The lowest BCUT2D eigenvalue weighted by Gasteiger charge is -2.18. The van der Waals surface area contributed by atoms with Crippen molar-refractivity contribution in [3.8, 4) is 0 Å². The highest BCUT2D eigenvalue weighted by atomic mass is 16.5. The van der Waals surface area contributed by atoms with Gasteiger partial charge in [0.25, 0.3) is 0 Å². The maximum atomic E-state index is 12.0.